The molecule has 2 heterocycles. The number of nitrogens with one attached hydrogen (secondary N) is 1. The van der Waals surface area contributed by atoms with Gasteiger partial charge in [-0.2, -0.15) is 5.10 Å². The predicted molar refractivity (Wildman–Crippen MR) is 99.0 cm³/mol. The van der Waals surface area contributed by atoms with E-state index >= 15 is 0 Å². The Hall–Kier alpha value is -3.15. The number of ether oxygens (including phenoxy) is 1. The highest BCUT2D eigenvalue weighted by Gasteiger charge is 2.29. The largest absolute Gasteiger partial charge is 0.487 e. The molecule has 0 saturated carbocycles. The first-order valence-corrected chi connectivity index (χ1v) is 8.96. The lowest BCUT2D eigenvalue weighted by Crippen LogP contribution is -2.28. The summed E-state index contributed by atoms with van der Waals surface area (Å²) >= 11 is 0. The molecule has 6 heteroatoms. The topological polar surface area (TPSA) is 58.2 Å². The van der Waals surface area contributed by atoms with Crippen molar-refractivity contribution in [3.05, 3.63) is 83.4 Å². The average Bonchev–Trinajstić information content (AvgIpc) is 3.36. The summed E-state index contributed by atoms with van der Waals surface area (Å²) in [4.78, 5) is 14.4. The van der Waals surface area contributed by atoms with Gasteiger partial charge in [0.15, 0.2) is 0 Å². The zero-order valence-corrected chi connectivity index (χ0v) is 14.8. The number of aromatic nitrogens is 2. The first kappa shape index (κ1) is 17.3. The minimum atomic E-state index is -0.327. The van der Waals surface area contributed by atoms with Crippen LogP contribution in [0, 0.1) is 5.82 Å². The number of halogens is 1. The van der Waals surface area contributed by atoms with Crippen molar-refractivity contribution in [2.45, 2.75) is 18.9 Å². The van der Waals surface area contributed by atoms with Crippen molar-refractivity contribution >= 4 is 5.91 Å². The van der Waals surface area contributed by atoms with Gasteiger partial charge in [-0.15, -0.1) is 0 Å². The molecule has 5 nitrogen and oxygen atoms in total. The minimum Gasteiger partial charge on any atom is -0.487 e. The smallest absolute Gasteiger partial charge is 0.253 e. The van der Waals surface area contributed by atoms with Crippen LogP contribution < -0.4 is 4.74 Å². The Kier molecular flexibility index (Phi) is 4.87. The molecule has 0 aliphatic carbocycles. The van der Waals surface area contributed by atoms with Crippen molar-refractivity contribution in [3.8, 4) is 5.75 Å². The van der Waals surface area contributed by atoms with Crippen LogP contribution in [0.4, 0.5) is 4.39 Å². The van der Waals surface area contributed by atoms with E-state index in [9.17, 15) is 9.18 Å². The van der Waals surface area contributed by atoms with Crippen LogP contribution >= 0.6 is 0 Å². The van der Waals surface area contributed by atoms with Crippen LogP contribution in [0.3, 0.4) is 0 Å². The fourth-order valence-corrected chi connectivity index (χ4v) is 3.33. The Morgan fingerprint density at radius 3 is 2.85 bits per heavy atom. The van der Waals surface area contributed by atoms with Gasteiger partial charge in [-0.25, -0.2) is 4.39 Å². The Morgan fingerprint density at radius 2 is 2.04 bits per heavy atom. The third-order valence-corrected chi connectivity index (χ3v) is 4.76. The second kappa shape index (κ2) is 7.61. The third kappa shape index (κ3) is 4.00. The normalized spacial score (nSPS) is 16.5. The summed E-state index contributed by atoms with van der Waals surface area (Å²) in [5.74, 6) is 0.415. The Morgan fingerprint density at radius 1 is 1.19 bits per heavy atom. The van der Waals surface area contributed by atoms with E-state index in [1.807, 2.05) is 41.3 Å². The molecule has 1 aromatic heterocycles. The van der Waals surface area contributed by atoms with Crippen LogP contribution in [0.25, 0.3) is 0 Å². The molecule has 1 unspecified atom stereocenters. The third-order valence-electron chi connectivity index (χ3n) is 4.76. The Balaban J connectivity index is 1.36. The lowest BCUT2D eigenvalue weighted by atomic mass is 10.1. The van der Waals surface area contributed by atoms with Crippen LogP contribution in [0.2, 0.25) is 0 Å². The number of nitrogens with zero attached hydrogens (tertiary/aromatic N) is 2. The summed E-state index contributed by atoms with van der Waals surface area (Å²) in [6, 6.07) is 17.3. The number of hydrogen-bond donors (Lipinski definition) is 1. The van der Waals surface area contributed by atoms with E-state index in [0.717, 1.165) is 24.4 Å². The predicted octanol–water partition coefficient (Wildman–Crippen LogP) is 3.76. The molecule has 1 saturated heterocycles. The van der Waals surface area contributed by atoms with Gasteiger partial charge in [-0.3, -0.25) is 9.89 Å². The first-order chi connectivity index (χ1) is 13.2. The summed E-state index contributed by atoms with van der Waals surface area (Å²) in [5.41, 5.74) is 2.46. The maximum atomic E-state index is 13.2. The number of H-pyrrole nitrogens is 1. The monoisotopic (exact) mass is 365 g/mol. The maximum absolute atomic E-state index is 13.2. The molecule has 1 N–H and O–H groups in total. The molecule has 0 spiro atoms. The molecule has 0 bridgehead atoms. The average molecular weight is 365 g/mol. The maximum Gasteiger partial charge on any atom is 0.253 e. The van der Waals surface area contributed by atoms with Crippen LogP contribution in [0.1, 0.15) is 34.1 Å². The Labute approximate surface area is 156 Å². The van der Waals surface area contributed by atoms with Gasteiger partial charge < -0.3 is 9.64 Å². The fourth-order valence-electron chi connectivity index (χ4n) is 3.33. The Bertz CT molecular complexity index is 926. The van der Waals surface area contributed by atoms with Crippen LogP contribution in [0.15, 0.2) is 60.7 Å². The van der Waals surface area contributed by atoms with Crippen molar-refractivity contribution in [1.29, 1.82) is 0 Å². The lowest BCUT2D eigenvalue weighted by molar-refractivity contribution is 0.0790. The molecule has 0 radical (unpaired) electrons. The number of amides is 1. The number of carbonyl (C=O) groups excluding carboxylic acids is 1. The van der Waals surface area contributed by atoms with Crippen molar-refractivity contribution in [3.63, 3.8) is 0 Å². The van der Waals surface area contributed by atoms with Gasteiger partial charge >= 0.3 is 0 Å². The summed E-state index contributed by atoms with van der Waals surface area (Å²) in [7, 11) is 0. The number of carbonyl (C=O) groups is 1. The lowest BCUT2D eigenvalue weighted by Gasteiger charge is -2.16. The number of rotatable bonds is 5. The zero-order chi connectivity index (χ0) is 18.6. The molecule has 3 aromatic rings. The van der Waals surface area contributed by atoms with Gasteiger partial charge in [0.1, 0.15) is 18.2 Å². The van der Waals surface area contributed by atoms with Gasteiger partial charge in [-0.05, 0) is 36.8 Å². The van der Waals surface area contributed by atoms with Crippen molar-refractivity contribution < 1.29 is 13.9 Å². The second-order valence-corrected chi connectivity index (χ2v) is 6.67. The number of aromatic amines is 1. The number of hydrogen-bond acceptors (Lipinski definition) is 3. The van der Waals surface area contributed by atoms with Gasteiger partial charge in [0.25, 0.3) is 5.91 Å². The number of benzene rings is 2. The van der Waals surface area contributed by atoms with E-state index in [0.29, 0.717) is 17.9 Å². The molecular formula is C21H20FN3O2. The first-order valence-electron chi connectivity index (χ1n) is 8.96. The van der Waals surface area contributed by atoms with E-state index < -0.39 is 0 Å². The molecule has 1 aliphatic heterocycles. The van der Waals surface area contributed by atoms with Crippen LogP contribution in [-0.2, 0) is 6.61 Å². The van der Waals surface area contributed by atoms with E-state index in [1.165, 1.54) is 12.1 Å². The summed E-state index contributed by atoms with van der Waals surface area (Å²) in [6.07, 6.45) is 0.883. The molecule has 1 amide bonds. The van der Waals surface area contributed by atoms with Gasteiger partial charge in [0.2, 0.25) is 0 Å². The highest BCUT2D eigenvalue weighted by molar-refractivity contribution is 5.94. The molecule has 1 aliphatic rings. The fraction of sp³-hybridized carbons (Fsp3) is 0.238. The molecular weight excluding hydrogens is 345 g/mol. The van der Waals surface area contributed by atoms with Crippen molar-refractivity contribution in [1.82, 2.24) is 15.1 Å². The quantitative estimate of drug-likeness (QED) is 0.749. The SMILES string of the molecule is O=C(c1ccccc1)N1CCC(c2cc(COc3cccc(F)c3)[nH]n2)C1. The molecule has 1 fully saturated rings. The highest BCUT2D eigenvalue weighted by Crippen LogP contribution is 2.27. The van der Waals surface area contributed by atoms with E-state index in [4.69, 9.17) is 4.74 Å². The van der Waals surface area contributed by atoms with Crippen molar-refractivity contribution in [2.75, 3.05) is 13.1 Å². The van der Waals surface area contributed by atoms with E-state index in [2.05, 4.69) is 10.2 Å². The highest BCUT2D eigenvalue weighted by atomic mass is 19.1. The van der Waals surface area contributed by atoms with E-state index in [1.54, 1.807) is 12.1 Å². The minimum absolute atomic E-state index is 0.0586. The second-order valence-electron chi connectivity index (χ2n) is 6.67. The van der Waals surface area contributed by atoms with Crippen LogP contribution in [-0.4, -0.2) is 34.1 Å². The number of likely N-dealkylation sites (tertiary alicyclic amines) is 1. The van der Waals surface area contributed by atoms with Crippen molar-refractivity contribution in [2.24, 2.45) is 0 Å². The summed E-state index contributed by atoms with van der Waals surface area (Å²) < 4.78 is 18.8. The molecule has 138 valence electrons. The van der Waals surface area contributed by atoms with Gasteiger partial charge in [-0.1, -0.05) is 24.3 Å². The molecule has 4 rings (SSSR count). The zero-order valence-electron chi connectivity index (χ0n) is 14.8. The molecule has 1 atom stereocenters. The van der Waals surface area contributed by atoms with E-state index in [-0.39, 0.29) is 24.2 Å². The van der Waals surface area contributed by atoms with Gasteiger partial charge in [0.05, 0.1) is 11.4 Å². The summed E-state index contributed by atoms with van der Waals surface area (Å²) in [5, 5.41) is 7.35. The molecule has 2 aromatic carbocycles. The van der Waals surface area contributed by atoms with Crippen LogP contribution in [0.5, 0.6) is 5.75 Å². The molecule has 27 heavy (non-hydrogen) atoms. The standard InChI is InChI=1S/C21H20FN3O2/c22-17-7-4-8-19(11-17)27-14-18-12-20(24-23-18)16-9-10-25(13-16)21(26)15-5-2-1-3-6-15/h1-8,11-12,16H,9-10,13-14H2,(H,23,24). The summed E-state index contributed by atoms with van der Waals surface area (Å²) in [6.45, 7) is 1.67. The van der Waals surface area contributed by atoms with Gasteiger partial charge in [0, 0.05) is 30.6 Å².